The quantitative estimate of drug-likeness (QED) is 0.824. The fourth-order valence-corrected chi connectivity index (χ4v) is 4.17. The van der Waals surface area contributed by atoms with Crippen molar-refractivity contribution in [1.82, 2.24) is 9.62 Å². The molecule has 3 N–H and O–H groups in total. The molecule has 0 unspecified atom stereocenters. The summed E-state index contributed by atoms with van der Waals surface area (Å²) in [5, 5.41) is 2.69. The molecule has 1 aliphatic rings. The second kappa shape index (κ2) is 5.75. The van der Waals surface area contributed by atoms with Crippen LogP contribution in [0.4, 0.5) is 0 Å². The van der Waals surface area contributed by atoms with Crippen LogP contribution in [0.2, 0.25) is 0 Å². The molecular weight excluding hydrogens is 290 g/mol. The normalized spacial score (nSPS) is 19.3. The van der Waals surface area contributed by atoms with Crippen molar-refractivity contribution in [1.29, 1.82) is 0 Å². The van der Waals surface area contributed by atoms with Gasteiger partial charge in [0.05, 0.1) is 4.90 Å². The molecule has 116 valence electrons. The standard InChI is InChI=1S/C14H21N3O3S/c1-14(2)13(18)16-9-10-17(14)21(19,20)12-5-3-11(4-6-12)7-8-15/h3-6H,7-10,15H2,1-2H3,(H,16,18). The van der Waals surface area contributed by atoms with Crippen molar-refractivity contribution >= 4 is 15.9 Å². The van der Waals surface area contributed by atoms with Gasteiger partial charge in [-0.2, -0.15) is 4.31 Å². The maximum absolute atomic E-state index is 12.7. The molecule has 1 amide bonds. The zero-order valence-electron chi connectivity index (χ0n) is 12.3. The van der Waals surface area contributed by atoms with E-state index in [-0.39, 0.29) is 17.3 Å². The Hall–Kier alpha value is -1.44. The van der Waals surface area contributed by atoms with E-state index in [0.29, 0.717) is 19.5 Å². The predicted octanol–water partition coefficient (Wildman–Crippen LogP) is 0.0869. The maximum Gasteiger partial charge on any atom is 0.244 e. The van der Waals surface area contributed by atoms with Crippen LogP contribution in [0, 0.1) is 0 Å². The third kappa shape index (κ3) is 2.95. The van der Waals surface area contributed by atoms with E-state index in [2.05, 4.69) is 5.32 Å². The Morgan fingerprint density at radius 1 is 1.29 bits per heavy atom. The van der Waals surface area contributed by atoms with Gasteiger partial charge in [-0.05, 0) is 44.5 Å². The van der Waals surface area contributed by atoms with Crippen LogP contribution in [-0.2, 0) is 21.2 Å². The highest BCUT2D eigenvalue weighted by Crippen LogP contribution is 2.26. The summed E-state index contributed by atoms with van der Waals surface area (Å²) in [7, 11) is -3.69. The van der Waals surface area contributed by atoms with Gasteiger partial charge in [-0.15, -0.1) is 0 Å². The molecule has 21 heavy (non-hydrogen) atoms. The average molecular weight is 311 g/mol. The lowest BCUT2D eigenvalue weighted by molar-refractivity contribution is -0.131. The van der Waals surface area contributed by atoms with Crippen LogP contribution in [0.5, 0.6) is 0 Å². The number of hydrogen-bond donors (Lipinski definition) is 2. The number of rotatable bonds is 4. The van der Waals surface area contributed by atoms with E-state index < -0.39 is 15.6 Å². The van der Waals surface area contributed by atoms with Gasteiger partial charge in [-0.3, -0.25) is 4.79 Å². The fraction of sp³-hybridized carbons (Fsp3) is 0.500. The molecule has 1 heterocycles. The summed E-state index contributed by atoms with van der Waals surface area (Å²) >= 11 is 0. The molecule has 0 aliphatic carbocycles. The van der Waals surface area contributed by atoms with Gasteiger partial charge in [0.1, 0.15) is 5.54 Å². The molecule has 0 aromatic heterocycles. The van der Waals surface area contributed by atoms with Crippen molar-refractivity contribution in [2.24, 2.45) is 5.73 Å². The van der Waals surface area contributed by atoms with E-state index >= 15 is 0 Å². The van der Waals surface area contributed by atoms with Crippen LogP contribution in [0.1, 0.15) is 19.4 Å². The van der Waals surface area contributed by atoms with Crippen molar-refractivity contribution in [3.63, 3.8) is 0 Å². The largest absolute Gasteiger partial charge is 0.353 e. The topological polar surface area (TPSA) is 92.5 Å². The van der Waals surface area contributed by atoms with E-state index in [4.69, 9.17) is 5.73 Å². The second-order valence-electron chi connectivity index (χ2n) is 5.57. The molecule has 0 saturated carbocycles. The Balaban J connectivity index is 2.34. The van der Waals surface area contributed by atoms with Gasteiger partial charge >= 0.3 is 0 Å². The SMILES string of the molecule is CC1(C)C(=O)NCCN1S(=O)(=O)c1ccc(CCN)cc1. The lowest BCUT2D eigenvalue weighted by Crippen LogP contribution is -2.63. The van der Waals surface area contributed by atoms with Gasteiger partial charge < -0.3 is 11.1 Å². The first-order valence-corrected chi connectivity index (χ1v) is 8.34. The molecule has 7 heteroatoms. The van der Waals surface area contributed by atoms with Crippen LogP contribution >= 0.6 is 0 Å². The molecule has 0 radical (unpaired) electrons. The third-order valence-corrected chi connectivity index (χ3v) is 5.81. The Bertz CT molecular complexity index is 623. The highest BCUT2D eigenvalue weighted by atomic mass is 32.2. The molecule has 1 aromatic rings. The molecule has 1 saturated heterocycles. The summed E-state index contributed by atoms with van der Waals surface area (Å²) in [5.41, 5.74) is 5.38. The maximum atomic E-state index is 12.7. The molecule has 0 atom stereocenters. The highest BCUT2D eigenvalue weighted by molar-refractivity contribution is 7.89. The number of carbonyl (C=O) groups excluding carboxylic acids is 1. The first-order chi connectivity index (χ1) is 9.80. The van der Waals surface area contributed by atoms with E-state index in [9.17, 15) is 13.2 Å². The van der Waals surface area contributed by atoms with Crippen LogP contribution in [-0.4, -0.2) is 43.8 Å². The zero-order chi connectivity index (χ0) is 15.7. The van der Waals surface area contributed by atoms with E-state index in [1.165, 1.54) is 4.31 Å². The average Bonchev–Trinajstić information content (AvgIpc) is 2.42. The third-order valence-electron chi connectivity index (χ3n) is 3.72. The molecule has 0 bridgehead atoms. The van der Waals surface area contributed by atoms with Gasteiger partial charge in [0.2, 0.25) is 15.9 Å². The first-order valence-electron chi connectivity index (χ1n) is 6.90. The Morgan fingerprint density at radius 3 is 2.48 bits per heavy atom. The number of benzene rings is 1. The number of carbonyl (C=O) groups is 1. The number of hydrogen-bond acceptors (Lipinski definition) is 4. The molecule has 6 nitrogen and oxygen atoms in total. The van der Waals surface area contributed by atoms with Crippen molar-refractivity contribution < 1.29 is 13.2 Å². The highest BCUT2D eigenvalue weighted by Gasteiger charge is 2.44. The minimum atomic E-state index is -3.69. The van der Waals surface area contributed by atoms with Gasteiger partial charge in [0, 0.05) is 13.1 Å². The second-order valence-corrected chi connectivity index (χ2v) is 7.44. The minimum Gasteiger partial charge on any atom is -0.353 e. The van der Waals surface area contributed by atoms with Gasteiger partial charge in [0.25, 0.3) is 0 Å². The molecule has 1 fully saturated rings. The van der Waals surface area contributed by atoms with Crippen LogP contribution in [0.15, 0.2) is 29.2 Å². The van der Waals surface area contributed by atoms with Crippen molar-refractivity contribution in [3.05, 3.63) is 29.8 Å². The minimum absolute atomic E-state index is 0.200. The summed E-state index contributed by atoms with van der Waals surface area (Å²) in [4.78, 5) is 12.1. The smallest absolute Gasteiger partial charge is 0.244 e. The lowest BCUT2D eigenvalue weighted by Gasteiger charge is -2.39. The Morgan fingerprint density at radius 2 is 1.90 bits per heavy atom. The number of piperazine rings is 1. The fourth-order valence-electron chi connectivity index (χ4n) is 2.42. The molecule has 1 aromatic carbocycles. The predicted molar refractivity (Wildman–Crippen MR) is 80.2 cm³/mol. The summed E-state index contributed by atoms with van der Waals surface area (Å²) in [6, 6.07) is 6.67. The number of nitrogens with one attached hydrogen (secondary N) is 1. The van der Waals surface area contributed by atoms with E-state index in [1.807, 2.05) is 0 Å². The Labute approximate surface area is 125 Å². The van der Waals surface area contributed by atoms with Gasteiger partial charge in [-0.25, -0.2) is 8.42 Å². The van der Waals surface area contributed by atoms with Crippen LogP contribution in [0.25, 0.3) is 0 Å². The molecular formula is C14H21N3O3S. The monoisotopic (exact) mass is 311 g/mol. The zero-order valence-corrected chi connectivity index (χ0v) is 13.1. The first kappa shape index (κ1) is 15.9. The number of nitrogens with two attached hydrogens (primary N) is 1. The number of sulfonamides is 1. The number of nitrogens with zero attached hydrogens (tertiary/aromatic N) is 1. The van der Waals surface area contributed by atoms with E-state index in [1.54, 1.807) is 38.1 Å². The Kier molecular flexibility index (Phi) is 4.36. The molecule has 1 aliphatic heterocycles. The van der Waals surface area contributed by atoms with E-state index in [0.717, 1.165) is 5.56 Å². The molecule has 2 rings (SSSR count). The van der Waals surface area contributed by atoms with Crippen molar-refractivity contribution in [2.45, 2.75) is 30.7 Å². The summed E-state index contributed by atoms with van der Waals surface area (Å²) in [5.74, 6) is -0.280. The summed E-state index contributed by atoms with van der Waals surface area (Å²) < 4.78 is 26.7. The lowest BCUT2D eigenvalue weighted by atomic mass is 10.0. The van der Waals surface area contributed by atoms with Gasteiger partial charge in [-0.1, -0.05) is 12.1 Å². The summed E-state index contributed by atoms with van der Waals surface area (Å²) in [6.45, 7) is 4.34. The van der Waals surface area contributed by atoms with Crippen molar-refractivity contribution in [2.75, 3.05) is 19.6 Å². The number of amides is 1. The van der Waals surface area contributed by atoms with Gasteiger partial charge in [0.15, 0.2) is 0 Å². The summed E-state index contributed by atoms with van der Waals surface area (Å²) in [6.07, 6.45) is 0.706. The van der Waals surface area contributed by atoms with Crippen LogP contribution in [0.3, 0.4) is 0 Å². The molecule has 0 spiro atoms. The van der Waals surface area contributed by atoms with Crippen molar-refractivity contribution in [3.8, 4) is 0 Å². The van der Waals surface area contributed by atoms with Crippen LogP contribution < -0.4 is 11.1 Å².